The zero-order chi connectivity index (χ0) is 29.4. The number of nitrogens with zero attached hydrogens (tertiary/aromatic N) is 4. The second-order valence-corrected chi connectivity index (χ2v) is 9.80. The number of benzene rings is 2. The van der Waals surface area contributed by atoms with Crippen LogP contribution in [-0.2, 0) is 11.8 Å². The number of carbonyl (C=O) groups is 1. The molecule has 41 heavy (non-hydrogen) atoms. The first-order valence-electron chi connectivity index (χ1n) is 12.7. The number of amides is 1. The van der Waals surface area contributed by atoms with Crippen molar-refractivity contribution < 1.29 is 13.9 Å². The van der Waals surface area contributed by atoms with Crippen molar-refractivity contribution >= 4 is 28.3 Å². The number of aromatic nitrogens is 3. The number of nitrogens with one attached hydrogen (secondary N) is 1. The lowest BCUT2D eigenvalue weighted by molar-refractivity contribution is -0.112. The van der Waals surface area contributed by atoms with Crippen LogP contribution in [0.25, 0.3) is 33.3 Å². The summed E-state index contributed by atoms with van der Waals surface area (Å²) in [5, 5.41) is 13.2. The lowest BCUT2D eigenvalue weighted by Crippen LogP contribution is -2.11. The highest BCUT2D eigenvalue weighted by atomic mass is 19.1. The summed E-state index contributed by atoms with van der Waals surface area (Å²) in [7, 11) is 1.83. The summed E-state index contributed by atoms with van der Waals surface area (Å²) >= 11 is 0. The van der Waals surface area contributed by atoms with Crippen LogP contribution in [0.1, 0.15) is 23.7 Å². The number of hydrogen-bond donors (Lipinski definition) is 2. The van der Waals surface area contributed by atoms with E-state index in [2.05, 4.69) is 27.9 Å². The molecule has 0 fully saturated rings. The molecule has 1 amide bonds. The molecule has 0 atom stereocenters. The smallest absolute Gasteiger partial charge is 0.250 e. The molecule has 0 saturated carbocycles. The first-order valence-corrected chi connectivity index (χ1v) is 12.7. The van der Waals surface area contributed by atoms with Crippen LogP contribution in [-0.4, -0.2) is 20.4 Å². The Labute approximate surface area is 236 Å². The van der Waals surface area contributed by atoms with E-state index in [0.29, 0.717) is 44.5 Å². The quantitative estimate of drug-likeness (QED) is 0.226. The maximum Gasteiger partial charge on any atom is 0.250 e. The summed E-state index contributed by atoms with van der Waals surface area (Å²) in [6.45, 7) is 9.05. The summed E-state index contributed by atoms with van der Waals surface area (Å²) in [6, 6.07) is 17.6. The van der Waals surface area contributed by atoms with E-state index in [1.54, 1.807) is 31.2 Å². The van der Waals surface area contributed by atoms with E-state index in [9.17, 15) is 10.1 Å². The zero-order valence-electron chi connectivity index (χ0n) is 23.0. The van der Waals surface area contributed by atoms with Crippen LogP contribution in [0.4, 0.5) is 15.9 Å². The second-order valence-electron chi connectivity index (χ2n) is 9.80. The highest BCUT2D eigenvalue weighted by molar-refractivity contribution is 6.11. The van der Waals surface area contributed by atoms with Gasteiger partial charge in [0.2, 0.25) is 5.88 Å². The van der Waals surface area contributed by atoms with Gasteiger partial charge in [-0.25, -0.2) is 14.4 Å². The number of hydrogen-bond acceptors (Lipinski definition) is 6. The van der Waals surface area contributed by atoms with E-state index in [1.807, 2.05) is 43.7 Å². The lowest BCUT2D eigenvalue weighted by Gasteiger charge is -2.14. The molecule has 3 N–H and O–H groups in total. The normalized spacial score (nSPS) is 10.8. The number of carbonyl (C=O) groups excluding carboxylic acids is 1. The molecule has 8 nitrogen and oxygen atoms in total. The Morgan fingerprint density at radius 3 is 2.61 bits per heavy atom. The second kappa shape index (κ2) is 10.6. The number of halogens is 1. The van der Waals surface area contributed by atoms with Crippen LogP contribution >= 0.6 is 0 Å². The number of anilines is 2. The fourth-order valence-corrected chi connectivity index (χ4v) is 4.86. The molecule has 0 unspecified atom stereocenters. The monoisotopic (exact) mass is 546 g/mol. The van der Waals surface area contributed by atoms with Crippen molar-refractivity contribution in [2.75, 3.05) is 11.1 Å². The molecule has 0 spiro atoms. The third-order valence-corrected chi connectivity index (χ3v) is 6.78. The molecule has 204 valence electrons. The summed E-state index contributed by atoms with van der Waals surface area (Å²) in [4.78, 5) is 20.7. The molecule has 0 bridgehead atoms. The highest BCUT2D eigenvalue weighted by Gasteiger charge is 2.25. The van der Waals surface area contributed by atoms with Gasteiger partial charge in [0.25, 0.3) is 5.91 Å². The van der Waals surface area contributed by atoms with Crippen molar-refractivity contribution in [1.82, 2.24) is 14.5 Å². The van der Waals surface area contributed by atoms with E-state index in [-0.39, 0.29) is 23.4 Å². The number of aryl methyl sites for hydroxylation is 3. The molecule has 0 radical (unpaired) electrons. The number of nitrogens with two attached hydrogens (primary N) is 1. The number of rotatable bonds is 6. The minimum Gasteiger partial charge on any atom is -0.436 e. The van der Waals surface area contributed by atoms with E-state index < -0.39 is 5.82 Å². The maximum absolute atomic E-state index is 15.5. The van der Waals surface area contributed by atoms with Crippen LogP contribution < -0.4 is 15.8 Å². The van der Waals surface area contributed by atoms with E-state index in [0.717, 1.165) is 16.8 Å². The van der Waals surface area contributed by atoms with Gasteiger partial charge >= 0.3 is 0 Å². The minimum absolute atomic E-state index is 0.0197. The lowest BCUT2D eigenvalue weighted by atomic mass is 9.95. The van der Waals surface area contributed by atoms with Crippen molar-refractivity contribution in [1.29, 1.82) is 5.26 Å². The molecular formula is C32H27FN6O2. The summed E-state index contributed by atoms with van der Waals surface area (Å²) in [5.41, 5.74) is 12.5. The van der Waals surface area contributed by atoms with Crippen molar-refractivity contribution in [3.8, 4) is 40.1 Å². The van der Waals surface area contributed by atoms with Crippen LogP contribution in [0.15, 0.2) is 72.9 Å². The van der Waals surface area contributed by atoms with Gasteiger partial charge in [0.05, 0.1) is 22.2 Å². The van der Waals surface area contributed by atoms with Gasteiger partial charge in [-0.1, -0.05) is 24.8 Å². The average Bonchev–Trinajstić information content (AvgIpc) is 3.24. The van der Waals surface area contributed by atoms with Gasteiger partial charge in [-0.2, -0.15) is 5.26 Å². The molecule has 3 heterocycles. The molecule has 5 rings (SSSR count). The van der Waals surface area contributed by atoms with Gasteiger partial charge < -0.3 is 20.4 Å². The number of nitrogen functional groups attached to an aromatic ring is 1. The Hall–Kier alpha value is -5.49. The van der Waals surface area contributed by atoms with Gasteiger partial charge in [-0.3, -0.25) is 4.79 Å². The summed E-state index contributed by atoms with van der Waals surface area (Å²) in [5.74, 6) is -0.358. The van der Waals surface area contributed by atoms with Crippen LogP contribution in [0.2, 0.25) is 0 Å². The van der Waals surface area contributed by atoms with Gasteiger partial charge in [0, 0.05) is 47.4 Å². The predicted octanol–water partition coefficient (Wildman–Crippen LogP) is 6.82. The Morgan fingerprint density at radius 1 is 1.17 bits per heavy atom. The number of ether oxygens (including phenoxy) is 1. The van der Waals surface area contributed by atoms with Crippen LogP contribution in [0.5, 0.6) is 11.6 Å². The van der Waals surface area contributed by atoms with Crippen LogP contribution in [0, 0.1) is 31.0 Å². The predicted molar refractivity (Wildman–Crippen MR) is 158 cm³/mol. The van der Waals surface area contributed by atoms with Crippen molar-refractivity contribution in [2.45, 2.75) is 20.8 Å². The Bertz CT molecular complexity index is 1920. The maximum atomic E-state index is 15.5. The summed E-state index contributed by atoms with van der Waals surface area (Å²) in [6.07, 6.45) is 1.43. The van der Waals surface area contributed by atoms with Gasteiger partial charge in [0.15, 0.2) is 11.6 Å². The third-order valence-electron chi connectivity index (χ3n) is 6.78. The van der Waals surface area contributed by atoms with Gasteiger partial charge in [-0.05, 0) is 62.2 Å². The topological polar surface area (TPSA) is 119 Å². The largest absolute Gasteiger partial charge is 0.436 e. The molecule has 2 aromatic carbocycles. The average molecular weight is 547 g/mol. The fraction of sp³-hybridized carbons (Fsp3) is 0.125. The minimum atomic E-state index is -0.591. The molecule has 5 aromatic rings. The van der Waals surface area contributed by atoms with Gasteiger partial charge in [0.1, 0.15) is 11.9 Å². The first kappa shape index (κ1) is 27.1. The van der Waals surface area contributed by atoms with Crippen molar-refractivity contribution in [2.24, 2.45) is 7.05 Å². The standard InChI is InChI=1S/C32H27FN6O2/c1-17(2)32(40)38-22-10-11-23(18(3)13-22)30-27(28-29(39(30)5)21(15-34)16-36-31(28)35)20-9-12-25(24(33)14-20)41-26-8-6-7-19(4)37-26/h6-14,16H,1H2,2-5H3,(H2,35,36)(H,38,40). The Kier molecular flexibility index (Phi) is 6.99. The zero-order valence-corrected chi connectivity index (χ0v) is 23.0. The Morgan fingerprint density at radius 2 is 1.95 bits per heavy atom. The number of pyridine rings is 2. The fourth-order valence-electron chi connectivity index (χ4n) is 4.86. The first-order chi connectivity index (χ1) is 19.6. The number of nitriles is 1. The van der Waals surface area contributed by atoms with E-state index in [4.69, 9.17) is 10.5 Å². The molecule has 0 aliphatic carbocycles. The third kappa shape index (κ3) is 4.99. The number of fused-ring (bicyclic) bond motifs is 1. The Balaban J connectivity index is 1.71. The molecule has 0 saturated heterocycles. The molecule has 0 aliphatic rings. The van der Waals surface area contributed by atoms with Gasteiger partial charge in [-0.15, -0.1) is 0 Å². The molecule has 9 heteroatoms. The molecule has 0 aliphatic heterocycles. The van der Waals surface area contributed by atoms with E-state index in [1.165, 1.54) is 18.3 Å². The van der Waals surface area contributed by atoms with Crippen molar-refractivity contribution in [3.05, 3.63) is 95.6 Å². The van der Waals surface area contributed by atoms with E-state index >= 15 is 4.39 Å². The summed E-state index contributed by atoms with van der Waals surface area (Å²) < 4.78 is 23.1. The molecule has 3 aromatic heterocycles. The van der Waals surface area contributed by atoms with Crippen molar-refractivity contribution in [3.63, 3.8) is 0 Å². The molecular weight excluding hydrogens is 519 g/mol. The SMILES string of the molecule is C=C(C)C(=O)Nc1ccc(-c2c(-c3ccc(Oc4cccc(C)n4)c(F)c3)c3c(N)ncc(C#N)c3n2C)c(C)c1. The van der Waals surface area contributed by atoms with Crippen LogP contribution in [0.3, 0.4) is 0 Å². The highest BCUT2D eigenvalue weighted by Crippen LogP contribution is 2.45.